The minimum absolute atomic E-state index is 0.380. The van der Waals surface area contributed by atoms with Crippen LogP contribution in [0.4, 0.5) is 0 Å². The third-order valence-electron chi connectivity index (χ3n) is 2.16. The minimum atomic E-state index is -1.01. The number of thioether (sulfide) groups is 1. The molecule has 2 atom stereocenters. The van der Waals surface area contributed by atoms with E-state index < -0.39 is 18.1 Å². The zero-order valence-corrected chi connectivity index (χ0v) is 10.5. The van der Waals surface area contributed by atoms with E-state index >= 15 is 0 Å². The number of hydrogen-bond acceptors (Lipinski definition) is 4. The number of aliphatic carboxylic acids is 1. The van der Waals surface area contributed by atoms with Crippen LogP contribution in [0.2, 0.25) is 0 Å². The van der Waals surface area contributed by atoms with Gasteiger partial charge >= 0.3 is 5.97 Å². The highest BCUT2D eigenvalue weighted by molar-refractivity contribution is 7.98. The Kier molecular flexibility index (Phi) is 8.01. The van der Waals surface area contributed by atoms with Gasteiger partial charge in [0.1, 0.15) is 6.04 Å². The lowest BCUT2D eigenvalue weighted by Crippen LogP contribution is -2.48. The zero-order chi connectivity index (χ0) is 12.6. The summed E-state index contributed by atoms with van der Waals surface area (Å²) in [6.07, 6.45) is 3.63. The van der Waals surface area contributed by atoms with Crippen molar-refractivity contribution in [1.82, 2.24) is 5.32 Å². The second-order valence-electron chi connectivity index (χ2n) is 3.58. The first kappa shape index (κ1) is 15.2. The summed E-state index contributed by atoms with van der Waals surface area (Å²) in [6, 6.07) is -1.44. The number of amides is 1. The third-order valence-corrected chi connectivity index (χ3v) is 2.81. The Morgan fingerprint density at radius 2 is 2.06 bits per heavy atom. The van der Waals surface area contributed by atoms with Gasteiger partial charge in [-0.2, -0.15) is 11.8 Å². The van der Waals surface area contributed by atoms with Crippen LogP contribution in [0.25, 0.3) is 0 Å². The van der Waals surface area contributed by atoms with Crippen LogP contribution in [0, 0.1) is 0 Å². The summed E-state index contributed by atoms with van der Waals surface area (Å²) in [7, 11) is 0. The first-order chi connectivity index (χ1) is 7.52. The molecule has 0 aliphatic rings. The molecule has 1 amide bonds. The molecule has 16 heavy (non-hydrogen) atoms. The summed E-state index contributed by atoms with van der Waals surface area (Å²) in [5.74, 6) is -0.595. The number of nitrogens with one attached hydrogen (secondary N) is 1. The topological polar surface area (TPSA) is 92.4 Å². The molecule has 0 bridgehead atoms. The van der Waals surface area contributed by atoms with Gasteiger partial charge in [-0.3, -0.25) is 4.79 Å². The maximum Gasteiger partial charge on any atom is 0.326 e. The van der Waals surface area contributed by atoms with Gasteiger partial charge < -0.3 is 16.2 Å². The van der Waals surface area contributed by atoms with E-state index in [-0.39, 0.29) is 5.91 Å². The number of carbonyl (C=O) groups is 2. The van der Waals surface area contributed by atoms with Crippen molar-refractivity contribution in [1.29, 1.82) is 0 Å². The third kappa shape index (κ3) is 5.97. The van der Waals surface area contributed by atoms with E-state index in [0.29, 0.717) is 19.3 Å². The van der Waals surface area contributed by atoms with E-state index in [4.69, 9.17) is 10.8 Å². The predicted octanol–water partition coefficient (Wildman–Crippen LogP) is 0.436. The number of carboxylic acids is 1. The largest absolute Gasteiger partial charge is 0.480 e. The molecule has 94 valence electrons. The smallest absolute Gasteiger partial charge is 0.326 e. The highest BCUT2D eigenvalue weighted by Gasteiger charge is 2.21. The van der Waals surface area contributed by atoms with Crippen molar-refractivity contribution in [2.24, 2.45) is 5.73 Å². The van der Waals surface area contributed by atoms with E-state index in [1.807, 2.05) is 13.2 Å². The molecule has 0 aromatic heterocycles. The molecule has 0 radical (unpaired) electrons. The Hall–Kier alpha value is -0.750. The average molecular weight is 248 g/mol. The lowest BCUT2D eigenvalue weighted by molar-refractivity contribution is -0.142. The number of rotatable bonds is 8. The van der Waals surface area contributed by atoms with Crippen LogP contribution < -0.4 is 11.1 Å². The molecular formula is C10H20N2O3S. The van der Waals surface area contributed by atoms with Gasteiger partial charge in [-0.1, -0.05) is 13.3 Å². The standard InChI is InChI=1S/C10H20N2O3S/c1-3-4-8(10(14)15)12-9(13)7(11)5-6-16-2/h7-8H,3-6,11H2,1-2H3,(H,12,13)(H,14,15)/t7-,8+/m1/s1. The van der Waals surface area contributed by atoms with Crippen molar-refractivity contribution in [2.45, 2.75) is 38.3 Å². The number of nitrogens with two attached hydrogens (primary N) is 1. The Labute approximate surface area is 100 Å². The van der Waals surface area contributed by atoms with Gasteiger partial charge in [0.05, 0.1) is 6.04 Å². The van der Waals surface area contributed by atoms with Crippen molar-refractivity contribution >= 4 is 23.6 Å². The van der Waals surface area contributed by atoms with Gasteiger partial charge in [0.25, 0.3) is 0 Å². The van der Waals surface area contributed by atoms with Crippen LogP contribution in [0.1, 0.15) is 26.2 Å². The van der Waals surface area contributed by atoms with E-state index in [2.05, 4.69) is 5.32 Å². The van der Waals surface area contributed by atoms with Crippen LogP contribution in [-0.4, -0.2) is 41.1 Å². The van der Waals surface area contributed by atoms with Crippen LogP contribution >= 0.6 is 11.8 Å². The lowest BCUT2D eigenvalue weighted by atomic mass is 10.1. The molecule has 0 aliphatic heterocycles. The van der Waals surface area contributed by atoms with Crippen molar-refractivity contribution < 1.29 is 14.7 Å². The Morgan fingerprint density at radius 3 is 2.50 bits per heavy atom. The number of carbonyl (C=O) groups excluding carboxylic acids is 1. The quantitative estimate of drug-likeness (QED) is 0.579. The van der Waals surface area contributed by atoms with Crippen LogP contribution in [0.15, 0.2) is 0 Å². The van der Waals surface area contributed by atoms with Crippen molar-refractivity contribution in [2.75, 3.05) is 12.0 Å². The summed E-state index contributed by atoms with van der Waals surface area (Å²) in [6.45, 7) is 1.87. The van der Waals surface area contributed by atoms with Gasteiger partial charge in [0.2, 0.25) is 5.91 Å². The average Bonchev–Trinajstić information content (AvgIpc) is 2.24. The molecule has 0 aromatic rings. The predicted molar refractivity (Wildman–Crippen MR) is 65.4 cm³/mol. The SMILES string of the molecule is CCC[C@H](NC(=O)[C@H](N)CCSC)C(=O)O. The molecule has 0 aromatic carbocycles. The first-order valence-corrected chi connectivity index (χ1v) is 6.70. The molecule has 0 saturated heterocycles. The molecule has 0 fully saturated rings. The molecular weight excluding hydrogens is 228 g/mol. The second kappa shape index (κ2) is 8.41. The maximum absolute atomic E-state index is 11.5. The number of hydrogen-bond donors (Lipinski definition) is 3. The molecule has 5 nitrogen and oxygen atoms in total. The molecule has 6 heteroatoms. The maximum atomic E-state index is 11.5. The summed E-state index contributed by atoms with van der Waals surface area (Å²) in [5.41, 5.74) is 5.63. The highest BCUT2D eigenvalue weighted by atomic mass is 32.2. The van der Waals surface area contributed by atoms with E-state index in [0.717, 1.165) is 5.75 Å². The molecule has 0 spiro atoms. The summed E-state index contributed by atoms with van der Waals surface area (Å²) in [5, 5.41) is 11.3. The van der Waals surface area contributed by atoms with Gasteiger partial charge in [-0.25, -0.2) is 4.79 Å². The fourth-order valence-electron chi connectivity index (χ4n) is 1.20. The number of carboxylic acid groups (broad SMARTS) is 1. The molecule has 0 aliphatic carbocycles. The van der Waals surface area contributed by atoms with Gasteiger partial charge in [-0.15, -0.1) is 0 Å². The molecule has 0 rings (SSSR count). The first-order valence-electron chi connectivity index (χ1n) is 5.30. The Bertz CT molecular complexity index is 236. The zero-order valence-electron chi connectivity index (χ0n) is 9.73. The Morgan fingerprint density at radius 1 is 1.44 bits per heavy atom. The van der Waals surface area contributed by atoms with Gasteiger partial charge in [-0.05, 0) is 24.9 Å². The van der Waals surface area contributed by atoms with Crippen molar-refractivity contribution in [3.63, 3.8) is 0 Å². The fraction of sp³-hybridized carbons (Fsp3) is 0.800. The summed E-state index contributed by atoms with van der Waals surface area (Å²) in [4.78, 5) is 22.3. The fourth-order valence-corrected chi connectivity index (χ4v) is 1.69. The van der Waals surface area contributed by atoms with Crippen LogP contribution in [0.3, 0.4) is 0 Å². The second-order valence-corrected chi connectivity index (χ2v) is 4.56. The lowest BCUT2D eigenvalue weighted by Gasteiger charge is -2.16. The Balaban J connectivity index is 4.12. The van der Waals surface area contributed by atoms with E-state index in [1.54, 1.807) is 11.8 Å². The molecule has 0 saturated carbocycles. The summed E-state index contributed by atoms with van der Waals surface area (Å²) < 4.78 is 0. The van der Waals surface area contributed by atoms with Crippen molar-refractivity contribution in [3.05, 3.63) is 0 Å². The molecule has 0 heterocycles. The van der Waals surface area contributed by atoms with Crippen LogP contribution in [0.5, 0.6) is 0 Å². The van der Waals surface area contributed by atoms with Crippen LogP contribution in [-0.2, 0) is 9.59 Å². The molecule has 0 unspecified atom stereocenters. The molecule has 4 N–H and O–H groups in total. The normalized spacial score (nSPS) is 14.2. The van der Waals surface area contributed by atoms with Crippen molar-refractivity contribution in [3.8, 4) is 0 Å². The minimum Gasteiger partial charge on any atom is -0.480 e. The van der Waals surface area contributed by atoms with Gasteiger partial charge in [0.15, 0.2) is 0 Å². The summed E-state index contributed by atoms with van der Waals surface area (Å²) >= 11 is 1.61. The van der Waals surface area contributed by atoms with E-state index in [1.165, 1.54) is 0 Å². The monoisotopic (exact) mass is 248 g/mol. The van der Waals surface area contributed by atoms with Gasteiger partial charge in [0, 0.05) is 0 Å². The van der Waals surface area contributed by atoms with E-state index in [9.17, 15) is 9.59 Å². The highest BCUT2D eigenvalue weighted by Crippen LogP contribution is 2.01.